The van der Waals surface area contributed by atoms with Gasteiger partial charge in [-0.15, -0.1) is 0 Å². The molecule has 5 nitrogen and oxygen atoms in total. The topological polar surface area (TPSA) is 72.8 Å². The van der Waals surface area contributed by atoms with Crippen LogP contribution in [0.3, 0.4) is 0 Å². The summed E-state index contributed by atoms with van der Waals surface area (Å²) in [7, 11) is 0. The van der Waals surface area contributed by atoms with Crippen molar-refractivity contribution in [3.8, 4) is 0 Å². The summed E-state index contributed by atoms with van der Waals surface area (Å²) in [4.78, 5) is 32.1. The first-order chi connectivity index (χ1) is 7.79. The van der Waals surface area contributed by atoms with Gasteiger partial charge in [0, 0.05) is 0 Å². The third kappa shape index (κ3) is 4.73. The molecule has 0 unspecified atom stereocenters. The second-order valence-electron chi connectivity index (χ2n) is 5.48. The van der Waals surface area contributed by atoms with Gasteiger partial charge in [0.25, 0.3) is 0 Å². The molecule has 5 heteroatoms. The highest BCUT2D eigenvalue weighted by Gasteiger charge is 2.31. The fourth-order valence-electron chi connectivity index (χ4n) is 1.81. The molecule has 98 valence electrons. The minimum Gasteiger partial charge on any atom is -0.481 e. The molecule has 0 spiro atoms. The van der Waals surface area contributed by atoms with E-state index in [1.165, 1.54) is 0 Å². The summed E-state index contributed by atoms with van der Waals surface area (Å²) >= 11 is 0. The molecule has 0 atom stereocenters. The Kier molecular flexibility index (Phi) is 4.51. The van der Waals surface area contributed by atoms with E-state index in [0.717, 1.165) is 0 Å². The van der Waals surface area contributed by atoms with Crippen LogP contribution in [0.1, 0.15) is 46.5 Å². The van der Waals surface area contributed by atoms with Crippen LogP contribution in [0, 0.1) is 11.8 Å². The number of carbonyl (C=O) groups excluding carboxylic acids is 1. The minimum atomic E-state index is -0.775. The fraction of sp³-hybridized carbons (Fsp3) is 0.833. The maximum atomic E-state index is 11.6. The Morgan fingerprint density at radius 2 is 1.53 bits per heavy atom. The van der Waals surface area contributed by atoms with Crippen molar-refractivity contribution in [3.05, 3.63) is 0 Å². The molecule has 0 saturated heterocycles. The van der Waals surface area contributed by atoms with Crippen molar-refractivity contribution in [1.82, 2.24) is 0 Å². The van der Waals surface area contributed by atoms with Crippen LogP contribution in [-0.4, -0.2) is 22.6 Å². The van der Waals surface area contributed by atoms with Gasteiger partial charge in [0.1, 0.15) is 5.60 Å². The first-order valence-corrected chi connectivity index (χ1v) is 5.92. The molecule has 0 heterocycles. The SMILES string of the molecule is CC(C)(C)OOC(=O)C1CCC(C(=O)O)CC1. The summed E-state index contributed by atoms with van der Waals surface area (Å²) in [5, 5.41) is 8.83. The number of aliphatic carboxylic acids is 1. The Labute approximate surface area is 101 Å². The first-order valence-electron chi connectivity index (χ1n) is 5.92. The van der Waals surface area contributed by atoms with Crippen molar-refractivity contribution in [1.29, 1.82) is 0 Å². The average Bonchev–Trinajstić information content (AvgIpc) is 2.25. The highest BCUT2D eigenvalue weighted by atomic mass is 17.2. The average molecular weight is 244 g/mol. The molecule has 0 amide bonds. The van der Waals surface area contributed by atoms with E-state index in [9.17, 15) is 9.59 Å². The maximum absolute atomic E-state index is 11.6. The molecule has 1 rings (SSSR count). The predicted molar refractivity (Wildman–Crippen MR) is 60.0 cm³/mol. The Morgan fingerprint density at radius 1 is 1.06 bits per heavy atom. The molecule has 1 aliphatic rings. The van der Waals surface area contributed by atoms with Gasteiger partial charge in [0.05, 0.1) is 11.8 Å². The van der Waals surface area contributed by atoms with Crippen LogP contribution in [0.2, 0.25) is 0 Å². The third-order valence-electron chi connectivity index (χ3n) is 2.78. The normalized spacial score (nSPS) is 25.4. The van der Waals surface area contributed by atoms with Gasteiger partial charge in [-0.05, 0) is 46.5 Å². The Hall–Kier alpha value is -1.10. The predicted octanol–water partition coefficient (Wildman–Crippen LogP) is 2.15. The van der Waals surface area contributed by atoms with E-state index >= 15 is 0 Å². The summed E-state index contributed by atoms with van der Waals surface area (Å²) in [5.74, 6) is -1.71. The molecule has 1 fully saturated rings. The van der Waals surface area contributed by atoms with Crippen LogP contribution >= 0.6 is 0 Å². The first kappa shape index (κ1) is 14.0. The van der Waals surface area contributed by atoms with Gasteiger partial charge in [-0.3, -0.25) is 9.68 Å². The second-order valence-corrected chi connectivity index (χ2v) is 5.48. The summed E-state index contributed by atoms with van der Waals surface area (Å²) < 4.78 is 0. The van der Waals surface area contributed by atoms with Crippen molar-refractivity contribution < 1.29 is 24.5 Å². The van der Waals surface area contributed by atoms with Crippen LogP contribution < -0.4 is 0 Å². The van der Waals surface area contributed by atoms with Gasteiger partial charge >= 0.3 is 11.9 Å². The maximum Gasteiger partial charge on any atom is 0.345 e. The molecule has 0 aromatic heterocycles. The van der Waals surface area contributed by atoms with Crippen LogP contribution in [0.5, 0.6) is 0 Å². The number of carbonyl (C=O) groups is 2. The monoisotopic (exact) mass is 244 g/mol. The van der Waals surface area contributed by atoms with E-state index in [0.29, 0.717) is 25.7 Å². The zero-order chi connectivity index (χ0) is 13.1. The fourth-order valence-corrected chi connectivity index (χ4v) is 1.81. The van der Waals surface area contributed by atoms with Crippen molar-refractivity contribution in [2.45, 2.75) is 52.1 Å². The van der Waals surface area contributed by atoms with Crippen molar-refractivity contribution in [3.63, 3.8) is 0 Å². The largest absolute Gasteiger partial charge is 0.481 e. The number of carboxylic acids is 1. The van der Waals surface area contributed by atoms with Gasteiger partial charge in [-0.2, -0.15) is 4.89 Å². The molecule has 1 N–H and O–H groups in total. The Bertz CT molecular complexity index is 284. The Morgan fingerprint density at radius 3 is 1.94 bits per heavy atom. The van der Waals surface area contributed by atoms with Crippen LogP contribution in [0.15, 0.2) is 0 Å². The van der Waals surface area contributed by atoms with Gasteiger partial charge in [0.15, 0.2) is 0 Å². The van der Waals surface area contributed by atoms with Gasteiger partial charge in [-0.1, -0.05) is 0 Å². The standard InChI is InChI=1S/C12H20O5/c1-12(2,3)17-16-11(15)9-6-4-8(5-7-9)10(13)14/h8-9H,4-7H2,1-3H3,(H,13,14). The summed E-state index contributed by atoms with van der Waals surface area (Å²) in [6.07, 6.45) is 2.18. The number of hydrogen-bond acceptors (Lipinski definition) is 4. The summed E-state index contributed by atoms with van der Waals surface area (Å²) in [5.41, 5.74) is -0.520. The number of hydrogen-bond donors (Lipinski definition) is 1. The van der Waals surface area contributed by atoms with Crippen LogP contribution in [0.25, 0.3) is 0 Å². The molecule has 1 saturated carbocycles. The van der Waals surface area contributed by atoms with Crippen LogP contribution in [-0.2, 0) is 19.4 Å². The summed E-state index contributed by atoms with van der Waals surface area (Å²) in [6, 6.07) is 0. The van der Waals surface area contributed by atoms with E-state index in [-0.39, 0.29) is 17.8 Å². The molecule has 17 heavy (non-hydrogen) atoms. The lowest BCUT2D eigenvalue weighted by atomic mass is 9.82. The molecular formula is C12H20O5. The third-order valence-corrected chi connectivity index (χ3v) is 2.78. The zero-order valence-electron chi connectivity index (χ0n) is 10.6. The van der Waals surface area contributed by atoms with Gasteiger partial charge in [-0.25, -0.2) is 4.79 Å². The van der Waals surface area contributed by atoms with Crippen LogP contribution in [0.4, 0.5) is 0 Å². The molecule has 0 aromatic carbocycles. The van der Waals surface area contributed by atoms with E-state index in [1.54, 1.807) is 20.8 Å². The number of carboxylic acid groups (broad SMARTS) is 1. The van der Waals surface area contributed by atoms with E-state index in [1.807, 2.05) is 0 Å². The van der Waals surface area contributed by atoms with E-state index in [4.69, 9.17) is 14.9 Å². The highest BCUT2D eigenvalue weighted by Crippen LogP contribution is 2.30. The second kappa shape index (κ2) is 5.49. The van der Waals surface area contributed by atoms with Crippen molar-refractivity contribution >= 4 is 11.9 Å². The molecular weight excluding hydrogens is 224 g/mol. The molecule has 0 radical (unpaired) electrons. The van der Waals surface area contributed by atoms with E-state index < -0.39 is 11.6 Å². The molecule has 0 aromatic rings. The van der Waals surface area contributed by atoms with Gasteiger partial charge < -0.3 is 5.11 Å². The highest BCUT2D eigenvalue weighted by molar-refractivity contribution is 5.73. The van der Waals surface area contributed by atoms with Gasteiger partial charge in [0.2, 0.25) is 0 Å². The number of rotatable bonds is 3. The van der Waals surface area contributed by atoms with Crippen molar-refractivity contribution in [2.24, 2.45) is 11.8 Å². The zero-order valence-corrected chi connectivity index (χ0v) is 10.6. The molecule has 1 aliphatic carbocycles. The van der Waals surface area contributed by atoms with Crippen molar-refractivity contribution in [2.75, 3.05) is 0 Å². The lowest BCUT2D eigenvalue weighted by Crippen LogP contribution is -2.29. The smallest absolute Gasteiger partial charge is 0.345 e. The lowest BCUT2D eigenvalue weighted by molar-refractivity contribution is -0.323. The lowest BCUT2D eigenvalue weighted by Gasteiger charge is -2.25. The van der Waals surface area contributed by atoms with E-state index in [2.05, 4.69) is 0 Å². The summed E-state index contributed by atoms with van der Waals surface area (Å²) in [6.45, 7) is 5.38. The molecule has 0 bridgehead atoms. The quantitative estimate of drug-likeness (QED) is 0.608. The molecule has 0 aliphatic heterocycles. The minimum absolute atomic E-state index is 0.229. The Balaban J connectivity index is 2.33.